The second-order valence-electron chi connectivity index (χ2n) is 3.15. The SMILES string of the molecule is NCCc1[nH]c2cc(Cl)ccc2c1Br. The number of aromatic amines is 1. The van der Waals surface area contributed by atoms with E-state index in [2.05, 4.69) is 20.9 Å². The van der Waals surface area contributed by atoms with E-state index in [0.29, 0.717) is 6.54 Å². The summed E-state index contributed by atoms with van der Waals surface area (Å²) >= 11 is 9.44. The summed E-state index contributed by atoms with van der Waals surface area (Å²) in [5, 5.41) is 1.89. The van der Waals surface area contributed by atoms with Crippen molar-refractivity contribution >= 4 is 38.4 Å². The molecule has 0 aliphatic carbocycles. The zero-order chi connectivity index (χ0) is 10.1. The second-order valence-corrected chi connectivity index (χ2v) is 4.38. The number of aromatic nitrogens is 1. The molecule has 0 fully saturated rings. The van der Waals surface area contributed by atoms with Gasteiger partial charge in [-0.1, -0.05) is 17.7 Å². The number of rotatable bonds is 2. The van der Waals surface area contributed by atoms with E-state index in [0.717, 1.165) is 32.5 Å². The molecule has 1 heterocycles. The van der Waals surface area contributed by atoms with Crippen LogP contribution in [0, 0.1) is 0 Å². The maximum Gasteiger partial charge on any atom is 0.0482 e. The van der Waals surface area contributed by atoms with E-state index in [1.54, 1.807) is 0 Å². The Morgan fingerprint density at radius 1 is 1.43 bits per heavy atom. The van der Waals surface area contributed by atoms with Crippen LogP contribution in [0.25, 0.3) is 10.9 Å². The summed E-state index contributed by atoms with van der Waals surface area (Å²) in [5.41, 5.74) is 7.69. The van der Waals surface area contributed by atoms with Crippen LogP contribution < -0.4 is 5.73 Å². The first-order valence-electron chi connectivity index (χ1n) is 4.38. The highest BCUT2D eigenvalue weighted by molar-refractivity contribution is 9.10. The van der Waals surface area contributed by atoms with Crippen molar-refractivity contribution in [2.75, 3.05) is 6.54 Å². The molecule has 2 aromatic rings. The summed E-state index contributed by atoms with van der Waals surface area (Å²) in [6.45, 7) is 0.638. The Bertz CT molecular complexity index is 464. The lowest BCUT2D eigenvalue weighted by Crippen LogP contribution is -2.03. The van der Waals surface area contributed by atoms with E-state index in [9.17, 15) is 0 Å². The molecule has 0 aliphatic rings. The lowest BCUT2D eigenvalue weighted by Gasteiger charge is -1.93. The lowest BCUT2D eigenvalue weighted by atomic mass is 10.2. The molecular weight excluding hydrogens is 263 g/mol. The number of fused-ring (bicyclic) bond motifs is 1. The van der Waals surface area contributed by atoms with E-state index >= 15 is 0 Å². The molecule has 0 atom stereocenters. The fourth-order valence-corrected chi connectivity index (χ4v) is 2.32. The second kappa shape index (κ2) is 3.93. The van der Waals surface area contributed by atoms with Gasteiger partial charge in [-0.2, -0.15) is 0 Å². The highest BCUT2D eigenvalue weighted by Gasteiger charge is 2.07. The summed E-state index contributed by atoms with van der Waals surface area (Å²) in [7, 11) is 0. The van der Waals surface area contributed by atoms with Crippen LogP contribution in [-0.4, -0.2) is 11.5 Å². The van der Waals surface area contributed by atoms with Gasteiger partial charge in [0.2, 0.25) is 0 Å². The Labute approximate surface area is 95.6 Å². The lowest BCUT2D eigenvalue weighted by molar-refractivity contribution is 0.934. The highest BCUT2D eigenvalue weighted by Crippen LogP contribution is 2.29. The average molecular weight is 274 g/mol. The van der Waals surface area contributed by atoms with E-state index in [1.165, 1.54) is 0 Å². The monoisotopic (exact) mass is 272 g/mol. The predicted molar refractivity (Wildman–Crippen MR) is 63.8 cm³/mol. The maximum absolute atomic E-state index is 5.90. The first-order valence-corrected chi connectivity index (χ1v) is 5.55. The molecule has 2 rings (SSSR count). The van der Waals surface area contributed by atoms with E-state index in [4.69, 9.17) is 17.3 Å². The summed E-state index contributed by atoms with van der Waals surface area (Å²) in [6, 6.07) is 5.80. The minimum absolute atomic E-state index is 0.638. The molecule has 14 heavy (non-hydrogen) atoms. The van der Waals surface area contributed by atoms with Crippen LogP contribution >= 0.6 is 27.5 Å². The van der Waals surface area contributed by atoms with Crippen molar-refractivity contribution in [3.63, 3.8) is 0 Å². The molecule has 2 nitrogen and oxygen atoms in total. The summed E-state index contributed by atoms with van der Waals surface area (Å²) in [4.78, 5) is 3.29. The van der Waals surface area contributed by atoms with Crippen molar-refractivity contribution in [2.24, 2.45) is 5.73 Å². The number of halogens is 2. The van der Waals surface area contributed by atoms with Crippen molar-refractivity contribution < 1.29 is 0 Å². The van der Waals surface area contributed by atoms with Crippen LogP contribution in [0.15, 0.2) is 22.7 Å². The van der Waals surface area contributed by atoms with Gasteiger partial charge in [-0.05, 0) is 34.6 Å². The van der Waals surface area contributed by atoms with Crippen LogP contribution in [0.5, 0.6) is 0 Å². The Morgan fingerprint density at radius 3 is 2.93 bits per heavy atom. The third-order valence-corrected chi connectivity index (χ3v) is 3.30. The van der Waals surface area contributed by atoms with Crippen molar-refractivity contribution in [3.8, 4) is 0 Å². The van der Waals surface area contributed by atoms with Crippen molar-refractivity contribution in [1.29, 1.82) is 0 Å². The van der Waals surface area contributed by atoms with Gasteiger partial charge in [0.15, 0.2) is 0 Å². The first-order chi connectivity index (χ1) is 6.72. The Balaban J connectivity index is 2.61. The van der Waals surface area contributed by atoms with E-state index < -0.39 is 0 Å². The van der Waals surface area contributed by atoms with Gasteiger partial charge in [-0.3, -0.25) is 0 Å². The van der Waals surface area contributed by atoms with Gasteiger partial charge in [0.05, 0.1) is 0 Å². The summed E-state index contributed by atoms with van der Waals surface area (Å²) in [6.07, 6.45) is 0.840. The molecule has 0 amide bonds. The molecule has 0 aliphatic heterocycles. The largest absolute Gasteiger partial charge is 0.357 e. The topological polar surface area (TPSA) is 41.8 Å². The molecular formula is C10H10BrClN2. The number of hydrogen-bond acceptors (Lipinski definition) is 1. The maximum atomic E-state index is 5.90. The van der Waals surface area contributed by atoms with Gasteiger partial charge in [-0.25, -0.2) is 0 Å². The van der Waals surface area contributed by atoms with Gasteiger partial charge in [0.25, 0.3) is 0 Å². The van der Waals surface area contributed by atoms with Crippen LogP contribution in [0.4, 0.5) is 0 Å². The van der Waals surface area contributed by atoms with Crippen LogP contribution in [0.2, 0.25) is 5.02 Å². The summed E-state index contributed by atoms with van der Waals surface area (Å²) in [5.74, 6) is 0. The minimum atomic E-state index is 0.638. The van der Waals surface area contributed by atoms with Gasteiger partial charge >= 0.3 is 0 Å². The van der Waals surface area contributed by atoms with Gasteiger partial charge in [0.1, 0.15) is 0 Å². The molecule has 1 aromatic heterocycles. The predicted octanol–water partition coefficient (Wildman–Crippen LogP) is 3.09. The molecule has 0 unspecified atom stereocenters. The fraction of sp³-hybridized carbons (Fsp3) is 0.200. The van der Waals surface area contributed by atoms with Gasteiger partial charge in [0, 0.05) is 32.5 Å². The molecule has 0 spiro atoms. The van der Waals surface area contributed by atoms with E-state index in [-0.39, 0.29) is 0 Å². The Hall–Kier alpha value is -0.510. The standard InChI is InChI=1S/C10H10BrClN2/c11-10-7-2-1-6(12)5-9(7)14-8(10)3-4-13/h1-2,5,14H,3-4,13H2. The number of hydrogen-bond donors (Lipinski definition) is 2. The number of nitrogens with two attached hydrogens (primary N) is 1. The normalized spacial score (nSPS) is 11.1. The molecule has 1 aromatic carbocycles. The fourth-order valence-electron chi connectivity index (χ4n) is 1.51. The highest BCUT2D eigenvalue weighted by atomic mass is 79.9. The van der Waals surface area contributed by atoms with Crippen molar-refractivity contribution in [3.05, 3.63) is 33.4 Å². The van der Waals surface area contributed by atoms with E-state index in [1.807, 2.05) is 18.2 Å². The van der Waals surface area contributed by atoms with Gasteiger partial charge < -0.3 is 10.7 Å². The molecule has 0 radical (unpaired) electrons. The minimum Gasteiger partial charge on any atom is -0.357 e. The molecule has 0 saturated heterocycles. The van der Waals surface area contributed by atoms with Crippen LogP contribution in [0.1, 0.15) is 5.69 Å². The quantitative estimate of drug-likeness (QED) is 0.867. The smallest absolute Gasteiger partial charge is 0.0482 e. The van der Waals surface area contributed by atoms with Crippen LogP contribution in [0.3, 0.4) is 0 Å². The molecule has 0 bridgehead atoms. The molecule has 4 heteroatoms. The number of benzene rings is 1. The third-order valence-electron chi connectivity index (χ3n) is 2.16. The van der Waals surface area contributed by atoms with Crippen LogP contribution in [-0.2, 0) is 6.42 Å². The zero-order valence-electron chi connectivity index (χ0n) is 7.48. The zero-order valence-corrected chi connectivity index (χ0v) is 9.82. The Kier molecular flexibility index (Phi) is 2.81. The summed E-state index contributed by atoms with van der Waals surface area (Å²) < 4.78 is 1.09. The first kappa shape index (κ1) is 10.0. The van der Waals surface area contributed by atoms with Gasteiger partial charge in [-0.15, -0.1) is 0 Å². The average Bonchev–Trinajstić information content (AvgIpc) is 2.44. The molecule has 3 N–H and O–H groups in total. The molecule has 74 valence electrons. The molecule has 0 saturated carbocycles. The third kappa shape index (κ3) is 1.67. The number of H-pyrrole nitrogens is 1. The Morgan fingerprint density at radius 2 is 2.21 bits per heavy atom. The number of nitrogens with one attached hydrogen (secondary N) is 1. The van der Waals surface area contributed by atoms with Crippen molar-refractivity contribution in [2.45, 2.75) is 6.42 Å². The van der Waals surface area contributed by atoms with Crippen molar-refractivity contribution in [1.82, 2.24) is 4.98 Å².